The molecule has 1 fully saturated rings. The van der Waals surface area contributed by atoms with Gasteiger partial charge in [0.25, 0.3) is 0 Å². The summed E-state index contributed by atoms with van der Waals surface area (Å²) < 4.78 is 1.07. The first kappa shape index (κ1) is 18.1. The number of halogens is 1. The molecular formula is C20H23BrN2O2. The Hall–Kier alpha value is -1.69. The monoisotopic (exact) mass is 402 g/mol. The maximum absolute atomic E-state index is 11.0. The highest BCUT2D eigenvalue weighted by Crippen LogP contribution is 2.31. The van der Waals surface area contributed by atoms with Crippen molar-refractivity contribution in [1.82, 2.24) is 9.80 Å². The number of nitrogens with zero attached hydrogens (tertiary/aromatic N) is 2. The lowest BCUT2D eigenvalue weighted by Gasteiger charge is -2.43. The molecule has 2 aromatic carbocycles. The smallest absolute Gasteiger partial charge is 0.317 e. The van der Waals surface area contributed by atoms with E-state index in [1.165, 1.54) is 11.1 Å². The second kappa shape index (κ2) is 8.13. The summed E-state index contributed by atoms with van der Waals surface area (Å²) in [5, 5.41) is 9.08. The molecule has 0 aliphatic carbocycles. The number of hydrogen-bond acceptors (Lipinski definition) is 3. The Kier molecular flexibility index (Phi) is 5.89. The van der Waals surface area contributed by atoms with Gasteiger partial charge in [0.05, 0.1) is 12.6 Å². The van der Waals surface area contributed by atoms with E-state index in [0.29, 0.717) is 0 Å². The van der Waals surface area contributed by atoms with Crippen molar-refractivity contribution in [1.29, 1.82) is 0 Å². The third-order valence-electron chi connectivity index (χ3n) is 4.80. The van der Waals surface area contributed by atoms with Gasteiger partial charge in [0, 0.05) is 30.1 Å². The van der Waals surface area contributed by atoms with E-state index in [9.17, 15) is 4.79 Å². The molecule has 25 heavy (non-hydrogen) atoms. The summed E-state index contributed by atoms with van der Waals surface area (Å²) in [6, 6.07) is 19.4. The van der Waals surface area contributed by atoms with Gasteiger partial charge in [0.1, 0.15) is 0 Å². The SMILES string of the molecule is C[C@@H]1CN([C@H](c2ccccc2)c2ccc(Br)cc2)CCN1CC(=O)O. The Morgan fingerprint density at radius 1 is 1.12 bits per heavy atom. The highest BCUT2D eigenvalue weighted by atomic mass is 79.9. The van der Waals surface area contributed by atoms with Crippen LogP contribution >= 0.6 is 15.9 Å². The maximum Gasteiger partial charge on any atom is 0.317 e. The molecule has 2 aromatic rings. The van der Waals surface area contributed by atoms with Crippen LogP contribution in [0.3, 0.4) is 0 Å². The van der Waals surface area contributed by atoms with E-state index in [-0.39, 0.29) is 18.6 Å². The van der Waals surface area contributed by atoms with Crippen molar-refractivity contribution < 1.29 is 9.90 Å². The van der Waals surface area contributed by atoms with Crippen molar-refractivity contribution in [2.45, 2.75) is 19.0 Å². The summed E-state index contributed by atoms with van der Waals surface area (Å²) in [5.41, 5.74) is 2.52. The molecule has 0 amide bonds. The molecule has 132 valence electrons. The first-order valence-electron chi connectivity index (χ1n) is 8.55. The molecule has 1 N–H and O–H groups in total. The first-order chi connectivity index (χ1) is 12.0. The minimum Gasteiger partial charge on any atom is -0.480 e. The van der Waals surface area contributed by atoms with Crippen LogP contribution in [0.5, 0.6) is 0 Å². The zero-order valence-electron chi connectivity index (χ0n) is 14.3. The molecule has 1 aliphatic heterocycles. The normalized spacial score (nSPS) is 20.3. The highest BCUT2D eigenvalue weighted by Gasteiger charge is 2.30. The van der Waals surface area contributed by atoms with E-state index < -0.39 is 5.97 Å². The molecule has 3 rings (SSSR count). The van der Waals surface area contributed by atoms with Gasteiger partial charge in [-0.15, -0.1) is 0 Å². The van der Waals surface area contributed by atoms with Crippen molar-refractivity contribution in [2.75, 3.05) is 26.2 Å². The van der Waals surface area contributed by atoms with E-state index >= 15 is 0 Å². The Labute approximate surface area is 157 Å². The summed E-state index contributed by atoms with van der Waals surface area (Å²) >= 11 is 3.51. The number of carboxylic acid groups (broad SMARTS) is 1. The Balaban J connectivity index is 1.86. The standard InChI is InChI=1S/C20H23BrN2O2/c1-15-13-23(12-11-22(15)14-19(24)25)20(16-5-3-2-4-6-16)17-7-9-18(21)10-8-17/h2-10,15,20H,11-14H2,1H3,(H,24,25)/t15-,20-/m1/s1. The zero-order valence-corrected chi connectivity index (χ0v) is 15.9. The van der Waals surface area contributed by atoms with Crippen molar-refractivity contribution in [2.24, 2.45) is 0 Å². The number of benzene rings is 2. The molecule has 4 nitrogen and oxygen atoms in total. The number of carboxylic acids is 1. The quantitative estimate of drug-likeness (QED) is 0.828. The predicted octanol–water partition coefficient (Wildman–Crippen LogP) is 3.63. The lowest BCUT2D eigenvalue weighted by Crippen LogP contribution is -2.54. The average molecular weight is 403 g/mol. The fourth-order valence-electron chi connectivity index (χ4n) is 3.56. The number of aliphatic carboxylic acids is 1. The topological polar surface area (TPSA) is 43.8 Å². The molecule has 0 aromatic heterocycles. The fraction of sp³-hybridized carbons (Fsp3) is 0.350. The summed E-state index contributed by atoms with van der Waals surface area (Å²) in [6.07, 6.45) is 0. The van der Waals surface area contributed by atoms with E-state index in [1.807, 2.05) is 11.0 Å². The zero-order chi connectivity index (χ0) is 17.8. The predicted molar refractivity (Wildman–Crippen MR) is 103 cm³/mol. The van der Waals surface area contributed by atoms with Crippen LogP contribution in [0, 0.1) is 0 Å². The molecule has 0 saturated carbocycles. The minimum absolute atomic E-state index is 0.114. The minimum atomic E-state index is -0.757. The summed E-state index contributed by atoms with van der Waals surface area (Å²) in [5.74, 6) is -0.757. The van der Waals surface area contributed by atoms with Crippen LogP contribution in [-0.4, -0.2) is 53.1 Å². The second-order valence-electron chi connectivity index (χ2n) is 6.57. The van der Waals surface area contributed by atoms with Crippen LogP contribution in [0.1, 0.15) is 24.1 Å². The van der Waals surface area contributed by atoms with Crippen molar-refractivity contribution >= 4 is 21.9 Å². The Bertz CT molecular complexity index is 705. The largest absolute Gasteiger partial charge is 0.480 e. The van der Waals surface area contributed by atoms with Crippen LogP contribution < -0.4 is 0 Å². The first-order valence-corrected chi connectivity index (χ1v) is 9.34. The maximum atomic E-state index is 11.0. The van der Waals surface area contributed by atoms with Crippen molar-refractivity contribution in [3.05, 3.63) is 70.2 Å². The third kappa shape index (κ3) is 4.48. The molecular weight excluding hydrogens is 380 g/mol. The molecule has 2 atom stereocenters. The number of rotatable bonds is 5. The second-order valence-corrected chi connectivity index (χ2v) is 7.49. The van der Waals surface area contributed by atoms with Gasteiger partial charge in [0.2, 0.25) is 0 Å². The molecule has 0 radical (unpaired) electrons. The summed E-state index contributed by atoms with van der Waals surface area (Å²) in [6.45, 7) is 4.70. The van der Waals surface area contributed by atoms with Gasteiger partial charge in [-0.05, 0) is 30.2 Å². The van der Waals surface area contributed by atoms with Crippen LogP contribution in [0.25, 0.3) is 0 Å². The van der Waals surface area contributed by atoms with E-state index in [4.69, 9.17) is 5.11 Å². The van der Waals surface area contributed by atoms with Gasteiger partial charge < -0.3 is 5.11 Å². The summed E-state index contributed by atoms with van der Waals surface area (Å²) in [4.78, 5) is 15.5. The molecule has 0 unspecified atom stereocenters. The number of carbonyl (C=O) groups is 1. The third-order valence-corrected chi connectivity index (χ3v) is 5.33. The number of piperazine rings is 1. The van der Waals surface area contributed by atoms with Gasteiger partial charge in [-0.2, -0.15) is 0 Å². The van der Waals surface area contributed by atoms with Gasteiger partial charge >= 0.3 is 5.97 Å². The lowest BCUT2D eigenvalue weighted by atomic mass is 9.95. The van der Waals surface area contributed by atoms with Gasteiger partial charge in [0.15, 0.2) is 0 Å². The lowest BCUT2D eigenvalue weighted by molar-refractivity contribution is -0.139. The van der Waals surface area contributed by atoms with E-state index in [2.05, 4.69) is 76.3 Å². The molecule has 1 heterocycles. The molecule has 0 bridgehead atoms. The molecule has 1 aliphatic rings. The van der Waals surface area contributed by atoms with Crippen molar-refractivity contribution in [3.8, 4) is 0 Å². The Morgan fingerprint density at radius 3 is 2.36 bits per heavy atom. The highest BCUT2D eigenvalue weighted by molar-refractivity contribution is 9.10. The van der Waals surface area contributed by atoms with Gasteiger partial charge in [-0.3, -0.25) is 14.6 Å². The Morgan fingerprint density at radius 2 is 1.76 bits per heavy atom. The van der Waals surface area contributed by atoms with Crippen LogP contribution in [-0.2, 0) is 4.79 Å². The summed E-state index contributed by atoms with van der Waals surface area (Å²) in [7, 11) is 0. The fourth-order valence-corrected chi connectivity index (χ4v) is 3.83. The van der Waals surface area contributed by atoms with Crippen LogP contribution in [0.15, 0.2) is 59.1 Å². The van der Waals surface area contributed by atoms with Crippen molar-refractivity contribution in [3.63, 3.8) is 0 Å². The number of hydrogen-bond donors (Lipinski definition) is 1. The molecule has 1 saturated heterocycles. The van der Waals surface area contributed by atoms with E-state index in [1.54, 1.807) is 0 Å². The average Bonchev–Trinajstić information content (AvgIpc) is 2.60. The van der Waals surface area contributed by atoms with Gasteiger partial charge in [-0.25, -0.2) is 0 Å². The molecule has 0 spiro atoms. The van der Waals surface area contributed by atoms with Crippen LogP contribution in [0.2, 0.25) is 0 Å². The molecule has 5 heteroatoms. The van der Waals surface area contributed by atoms with E-state index in [0.717, 1.165) is 24.1 Å². The van der Waals surface area contributed by atoms with Gasteiger partial charge in [-0.1, -0.05) is 58.4 Å². The van der Waals surface area contributed by atoms with Crippen LogP contribution in [0.4, 0.5) is 0 Å².